The molecule has 1 aromatic rings. The highest BCUT2D eigenvalue weighted by molar-refractivity contribution is 6.18. The highest BCUT2D eigenvalue weighted by Crippen LogP contribution is 2.09. The minimum atomic E-state index is 0.639. The van der Waals surface area contributed by atoms with Crippen molar-refractivity contribution in [1.29, 1.82) is 0 Å². The maximum absolute atomic E-state index is 5.78. The largest absolute Gasteiger partial charge is 0.313 e. The lowest BCUT2D eigenvalue weighted by molar-refractivity contribution is 0.531. The van der Waals surface area contributed by atoms with Crippen molar-refractivity contribution in [3.05, 3.63) is 34.9 Å². The van der Waals surface area contributed by atoms with Crippen molar-refractivity contribution < 1.29 is 0 Å². The molecule has 0 saturated carbocycles. The third kappa shape index (κ3) is 6.09. The monoisotopic (exact) mass is 253 g/mol. The molecule has 0 aliphatic heterocycles. The van der Waals surface area contributed by atoms with Crippen LogP contribution in [-0.4, -0.2) is 12.4 Å². The molecule has 0 bridgehead atoms. The van der Waals surface area contributed by atoms with Crippen LogP contribution in [0, 0.1) is 19.8 Å². The van der Waals surface area contributed by atoms with Gasteiger partial charge in [-0.3, -0.25) is 0 Å². The molecule has 0 aromatic heterocycles. The second-order valence-corrected chi connectivity index (χ2v) is 5.38. The molecule has 2 heteroatoms. The zero-order valence-electron chi connectivity index (χ0n) is 11.2. The van der Waals surface area contributed by atoms with Crippen molar-refractivity contribution in [1.82, 2.24) is 5.32 Å². The Hall–Kier alpha value is -0.530. The molecule has 0 saturated heterocycles. The molecule has 1 atom stereocenters. The van der Waals surface area contributed by atoms with Crippen LogP contribution in [0.2, 0.25) is 0 Å². The standard InChI is InChI=1S/C15H24ClN/c1-12(10-16)5-4-6-17-11-15-8-13(2)7-14(3)9-15/h7-9,12,17H,4-6,10-11H2,1-3H3. The van der Waals surface area contributed by atoms with Crippen molar-refractivity contribution in [2.24, 2.45) is 5.92 Å². The van der Waals surface area contributed by atoms with Crippen LogP contribution >= 0.6 is 11.6 Å². The third-order valence-electron chi connectivity index (χ3n) is 2.92. The molecule has 0 aliphatic rings. The summed E-state index contributed by atoms with van der Waals surface area (Å²) in [5.41, 5.74) is 4.07. The van der Waals surface area contributed by atoms with Crippen LogP contribution in [0.5, 0.6) is 0 Å². The fourth-order valence-electron chi connectivity index (χ4n) is 2.06. The van der Waals surface area contributed by atoms with Crippen molar-refractivity contribution in [3.63, 3.8) is 0 Å². The number of rotatable bonds is 7. The lowest BCUT2D eigenvalue weighted by Crippen LogP contribution is -2.15. The lowest BCUT2D eigenvalue weighted by atomic mass is 10.1. The van der Waals surface area contributed by atoms with Gasteiger partial charge in [0.2, 0.25) is 0 Å². The van der Waals surface area contributed by atoms with E-state index in [1.54, 1.807) is 0 Å². The highest BCUT2D eigenvalue weighted by Gasteiger charge is 1.99. The first kappa shape index (κ1) is 14.5. The zero-order chi connectivity index (χ0) is 12.7. The summed E-state index contributed by atoms with van der Waals surface area (Å²) in [5.74, 6) is 1.41. The number of nitrogens with one attached hydrogen (secondary N) is 1. The Kier molecular flexibility index (Phi) is 6.61. The molecule has 1 nitrogen and oxygen atoms in total. The van der Waals surface area contributed by atoms with Gasteiger partial charge in [-0.05, 0) is 44.7 Å². The van der Waals surface area contributed by atoms with Crippen LogP contribution in [0.25, 0.3) is 0 Å². The Balaban J connectivity index is 2.22. The molecule has 1 rings (SSSR count). The molecule has 0 amide bonds. The van der Waals surface area contributed by atoms with Crippen LogP contribution in [0.4, 0.5) is 0 Å². The molecular weight excluding hydrogens is 230 g/mol. The van der Waals surface area contributed by atoms with E-state index in [1.165, 1.54) is 29.5 Å². The Bertz CT molecular complexity index is 315. The fraction of sp³-hybridized carbons (Fsp3) is 0.600. The number of hydrogen-bond donors (Lipinski definition) is 1. The SMILES string of the molecule is Cc1cc(C)cc(CNCCCC(C)CCl)c1. The molecule has 96 valence electrons. The number of alkyl halides is 1. The van der Waals surface area contributed by atoms with E-state index in [2.05, 4.69) is 44.3 Å². The Morgan fingerprint density at radius 3 is 2.41 bits per heavy atom. The summed E-state index contributed by atoms with van der Waals surface area (Å²) in [6.45, 7) is 8.56. The first-order chi connectivity index (χ1) is 8.11. The highest BCUT2D eigenvalue weighted by atomic mass is 35.5. The molecule has 0 heterocycles. The molecule has 1 N–H and O–H groups in total. The predicted octanol–water partition coefficient (Wildman–Crippen LogP) is 4.05. The minimum absolute atomic E-state index is 0.639. The number of benzene rings is 1. The molecule has 1 aromatic carbocycles. The van der Waals surface area contributed by atoms with Crippen LogP contribution in [0.1, 0.15) is 36.5 Å². The number of aryl methyl sites for hydroxylation is 2. The summed E-state index contributed by atoms with van der Waals surface area (Å²) in [7, 11) is 0. The molecular formula is C15H24ClN. The summed E-state index contributed by atoms with van der Waals surface area (Å²) in [6.07, 6.45) is 2.42. The summed E-state index contributed by atoms with van der Waals surface area (Å²) >= 11 is 5.78. The first-order valence-electron chi connectivity index (χ1n) is 6.45. The van der Waals surface area contributed by atoms with Crippen LogP contribution in [0.3, 0.4) is 0 Å². The minimum Gasteiger partial charge on any atom is -0.313 e. The van der Waals surface area contributed by atoms with Gasteiger partial charge < -0.3 is 5.32 Å². The third-order valence-corrected chi connectivity index (χ3v) is 3.45. The smallest absolute Gasteiger partial charge is 0.0249 e. The topological polar surface area (TPSA) is 12.0 Å². The summed E-state index contributed by atoms with van der Waals surface area (Å²) in [5, 5.41) is 3.49. The Morgan fingerprint density at radius 2 is 1.82 bits per heavy atom. The fourth-order valence-corrected chi connectivity index (χ4v) is 2.21. The van der Waals surface area contributed by atoms with Crippen LogP contribution < -0.4 is 5.32 Å². The van der Waals surface area contributed by atoms with E-state index in [-0.39, 0.29) is 0 Å². The maximum Gasteiger partial charge on any atom is 0.0249 e. The normalized spacial score (nSPS) is 12.7. The maximum atomic E-state index is 5.78. The van der Waals surface area contributed by atoms with E-state index in [0.717, 1.165) is 19.0 Å². The van der Waals surface area contributed by atoms with Crippen LogP contribution in [0.15, 0.2) is 18.2 Å². The predicted molar refractivity (Wildman–Crippen MR) is 76.7 cm³/mol. The average Bonchev–Trinajstić information content (AvgIpc) is 2.27. The van der Waals surface area contributed by atoms with Gasteiger partial charge in [0.15, 0.2) is 0 Å². The number of hydrogen-bond acceptors (Lipinski definition) is 1. The Morgan fingerprint density at radius 1 is 1.18 bits per heavy atom. The second-order valence-electron chi connectivity index (χ2n) is 5.07. The summed E-state index contributed by atoms with van der Waals surface area (Å²) < 4.78 is 0. The van der Waals surface area contributed by atoms with Crippen molar-refractivity contribution >= 4 is 11.6 Å². The first-order valence-corrected chi connectivity index (χ1v) is 6.99. The van der Waals surface area contributed by atoms with Gasteiger partial charge in [0.1, 0.15) is 0 Å². The van der Waals surface area contributed by atoms with E-state index in [4.69, 9.17) is 11.6 Å². The molecule has 0 spiro atoms. The van der Waals surface area contributed by atoms with E-state index in [0.29, 0.717) is 5.92 Å². The second kappa shape index (κ2) is 7.73. The van der Waals surface area contributed by atoms with Crippen molar-refractivity contribution in [2.45, 2.75) is 40.2 Å². The summed E-state index contributed by atoms with van der Waals surface area (Å²) in [6, 6.07) is 6.72. The van der Waals surface area contributed by atoms with Crippen LogP contribution in [-0.2, 0) is 6.54 Å². The van der Waals surface area contributed by atoms with E-state index in [1.807, 2.05) is 0 Å². The molecule has 0 fully saturated rings. The van der Waals surface area contributed by atoms with E-state index < -0.39 is 0 Å². The van der Waals surface area contributed by atoms with E-state index >= 15 is 0 Å². The quantitative estimate of drug-likeness (QED) is 0.571. The van der Waals surface area contributed by atoms with Gasteiger partial charge in [0.05, 0.1) is 0 Å². The number of halogens is 1. The average molecular weight is 254 g/mol. The van der Waals surface area contributed by atoms with Crippen molar-refractivity contribution in [3.8, 4) is 0 Å². The molecule has 0 aliphatic carbocycles. The molecule has 17 heavy (non-hydrogen) atoms. The Labute approximate surface area is 111 Å². The van der Waals surface area contributed by atoms with Gasteiger partial charge in [-0.1, -0.05) is 36.2 Å². The summed E-state index contributed by atoms with van der Waals surface area (Å²) in [4.78, 5) is 0. The van der Waals surface area contributed by atoms with Gasteiger partial charge in [0, 0.05) is 12.4 Å². The van der Waals surface area contributed by atoms with Crippen molar-refractivity contribution in [2.75, 3.05) is 12.4 Å². The van der Waals surface area contributed by atoms with Gasteiger partial charge in [0.25, 0.3) is 0 Å². The molecule has 1 unspecified atom stereocenters. The molecule has 0 radical (unpaired) electrons. The van der Waals surface area contributed by atoms with E-state index in [9.17, 15) is 0 Å². The van der Waals surface area contributed by atoms with Gasteiger partial charge >= 0.3 is 0 Å². The van der Waals surface area contributed by atoms with Gasteiger partial charge in [-0.2, -0.15) is 0 Å². The van der Waals surface area contributed by atoms with Gasteiger partial charge in [-0.15, -0.1) is 11.6 Å². The van der Waals surface area contributed by atoms with Gasteiger partial charge in [-0.25, -0.2) is 0 Å². The zero-order valence-corrected chi connectivity index (χ0v) is 12.0. The lowest BCUT2D eigenvalue weighted by Gasteiger charge is -2.09.